The molecule has 2 aromatic carbocycles. The van der Waals surface area contributed by atoms with E-state index in [-0.39, 0.29) is 11.7 Å². The zero-order valence-corrected chi connectivity index (χ0v) is 16.2. The van der Waals surface area contributed by atoms with Crippen molar-refractivity contribution in [1.29, 1.82) is 0 Å². The maximum atomic E-state index is 12.3. The van der Waals surface area contributed by atoms with Gasteiger partial charge in [0.1, 0.15) is 6.33 Å². The van der Waals surface area contributed by atoms with Crippen molar-refractivity contribution in [3.8, 4) is 5.69 Å². The number of thioether (sulfide) groups is 1. The molecule has 1 amide bonds. The number of hydrogen-bond acceptors (Lipinski definition) is 4. The first-order valence-corrected chi connectivity index (χ1v) is 9.41. The van der Waals surface area contributed by atoms with Crippen molar-refractivity contribution in [2.24, 2.45) is 0 Å². The molecule has 3 aromatic rings. The molecular formula is C20H22N4OS. The lowest BCUT2D eigenvalue weighted by molar-refractivity contribution is -0.113. The number of anilines is 1. The smallest absolute Gasteiger partial charge is 0.234 e. The fourth-order valence-corrected chi connectivity index (χ4v) is 3.49. The molecule has 0 saturated carbocycles. The summed E-state index contributed by atoms with van der Waals surface area (Å²) in [5.74, 6) is 0.218. The molecule has 134 valence electrons. The molecule has 0 unspecified atom stereocenters. The average molecular weight is 366 g/mol. The zero-order chi connectivity index (χ0) is 18.7. The Kier molecular flexibility index (Phi) is 5.42. The molecule has 0 aliphatic heterocycles. The molecule has 0 fully saturated rings. The summed E-state index contributed by atoms with van der Waals surface area (Å²) in [4.78, 5) is 12.3. The molecule has 1 aromatic heterocycles. The van der Waals surface area contributed by atoms with Crippen LogP contribution in [-0.4, -0.2) is 26.4 Å². The second-order valence-electron chi connectivity index (χ2n) is 6.36. The lowest BCUT2D eigenvalue weighted by Crippen LogP contribution is -2.15. The van der Waals surface area contributed by atoms with Crippen LogP contribution in [0.2, 0.25) is 0 Å². The summed E-state index contributed by atoms with van der Waals surface area (Å²) in [6.45, 7) is 8.17. The third-order valence-electron chi connectivity index (χ3n) is 4.34. The number of benzene rings is 2. The minimum Gasteiger partial charge on any atom is -0.325 e. The molecule has 0 saturated heterocycles. The van der Waals surface area contributed by atoms with Gasteiger partial charge in [-0.3, -0.25) is 9.36 Å². The Morgan fingerprint density at radius 2 is 1.92 bits per heavy atom. The Balaban J connectivity index is 1.70. The molecule has 0 atom stereocenters. The van der Waals surface area contributed by atoms with Crippen molar-refractivity contribution < 1.29 is 4.79 Å². The van der Waals surface area contributed by atoms with Crippen molar-refractivity contribution >= 4 is 23.4 Å². The molecule has 5 nitrogen and oxygen atoms in total. The highest BCUT2D eigenvalue weighted by Gasteiger charge is 2.12. The molecule has 1 heterocycles. The number of carbonyl (C=O) groups is 1. The fraction of sp³-hybridized carbons (Fsp3) is 0.250. The van der Waals surface area contributed by atoms with Gasteiger partial charge >= 0.3 is 0 Å². The van der Waals surface area contributed by atoms with Gasteiger partial charge in [-0.05, 0) is 56.5 Å². The third kappa shape index (κ3) is 3.96. The summed E-state index contributed by atoms with van der Waals surface area (Å²) in [7, 11) is 0. The summed E-state index contributed by atoms with van der Waals surface area (Å²) in [6.07, 6.45) is 1.68. The van der Waals surface area contributed by atoms with Gasteiger partial charge in [0.15, 0.2) is 5.16 Å². The summed E-state index contributed by atoms with van der Waals surface area (Å²) in [5.41, 5.74) is 6.48. The van der Waals surface area contributed by atoms with Gasteiger partial charge in [0.2, 0.25) is 5.91 Å². The largest absolute Gasteiger partial charge is 0.325 e. The van der Waals surface area contributed by atoms with Crippen molar-refractivity contribution in [2.45, 2.75) is 32.9 Å². The Morgan fingerprint density at radius 3 is 2.69 bits per heavy atom. The molecule has 0 aliphatic rings. The Morgan fingerprint density at radius 1 is 1.12 bits per heavy atom. The quantitative estimate of drug-likeness (QED) is 0.687. The fourth-order valence-electron chi connectivity index (χ4n) is 2.77. The van der Waals surface area contributed by atoms with Crippen LogP contribution in [0.25, 0.3) is 5.69 Å². The standard InChI is InChI=1S/C20H22N4OS/c1-13-8-9-18(15(3)10-13)24-12-21-23-20(24)26-11-19(25)22-17-7-5-6-14(2)16(17)4/h5-10,12H,11H2,1-4H3,(H,22,25). The highest BCUT2D eigenvalue weighted by Crippen LogP contribution is 2.23. The molecule has 0 radical (unpaired) electrons. The first-order valence-electron chi connectivity index (χ1n) is 8.42. The monoisotopic (exact) mass is 366 g/mol. The first kappa shape index (κ1) is 18.2. The molecule has 0 bridgehead atoms. The van der Waals surface area contributed by atoms with E-state index in [2.05, 4.69) is 41.5 Å². The lowest BCUT2D eigenvalue weighted by Gasteiger charge is -2.11. The molecule has 26 heavy (non-hydrogen) atoms. The van der Waals surface area contributed by atoms with Gasteiger partial charge in [-0.2, -0.15) is 0 Å². The molecule has 6 heteroatoms. The molecule has 0 spiro atoms. The van der Waals surface area contributed by atoms with Crippen LogP contribution < -0.4 is 5.32 Å². The first-order chi connectivity index (χ1) is 12.5. The van der Waals surface area contributed by atoms with Crippen LogP contribution in [-0.2, 0) is 4.79 Å². The Bertz CT molecular complexity index is 949. The van der Waals surface area contributed by atoms with Crippen LogP contribution in [0, 0.1) is 27.7 Å². The third-order valence-corrected chi connectivity index (χ3v) is 5.28. The van der Waals surface area contributed by atoms with Gasteiger partial charge in [0.25, 0.3) is 0 Å². The number of aromatic nitrogens is 3. The number of hydrogen-bond donors (Lipinski definition) is 1. The summed E-state index contributed by atoms with van der Waals surface area (Å²) in [5, 5.41) is 11.8. The van der Waals surface area contributed by atoms with Gasteiger partial charge < -0.3 is 5.32 Å². The van der Waals surface area contributed by atoms with Gasteiger partial charge in [-0.1, -0.05) is 41.6 Å². The summed E-state index contributed by atoms with van der Waals surface area (Å²) >= 11 is 1.38. The van der Waals surface area contributed by atoms with E-state index in [1.54, 1.807) is 6.33 Å². The maximum absolute atomic E-state index is 12.3. The maximum Gasteiger partial charge on any atom is 0.234 e. The Hall–Kier alpha value is -2.60. The van der Waals surface area contributed by atoms with Crippen LogP contribution in [0.1, 0.15) is 22.3 Å². The normalized spacial score (nSPS) is 10.8. The van der Waals surface area contributed by atoms with Crippen LogP contribution >= 0.6 is 11.8 Å². The van der Waals surface area contributed by atoms with Crippen molar-refractivity contribution in [1.82, 2.24) is 14.8 Å². The van der Waals surface area contributed by atoms with Gasteiger partial charge in [-0.25, -0.2) is 0 Å². The van der Waals surface area contributed by atoms with Gasteiger partial charge in [0, 0.05) is 5.69 Å². The number of rotatable bonds is 5. The number of nitrogens with zero attached hydrogens (tertiary/aromatic N) is 3. The number of nitrogens with one attached hydrogen (secondary N) is 1. The lowest BCUT2D eigenvalue weighted by atomic mass is 10.1. The van der Waals surface area contributed by atoms with Crippen LogP contribution in [0.4, 0.5) is 5.69 Å². The highest BCUT2D eigenvalue weighted by atomic mass is 32.2. The van der Waals surface area contributed by atoms with E-state index < -0.39 is 0 Å². The van der Waals surface area contributed by atoms with Crippen molar-refractivity contribution in [3.05, 3.63) is 65.0 Å². The number of carbonyl (C=O) groups excluding carboxylic acids is 1. The molecule has 3 rings (SSSR count). The summed E-state index contributed by atoms with van der Waals surface area (Å²) < 4.78 is 1.92. The predicted octanol–water partition coefficient (Wildman–Crippen LogP) is 4.23. The van der Waals surface area contributed by atoms with Crippen LogP contribution in [0.15, 0.2) is 47.9 Å². The van der Waals surface area contributed by atoms with E-state index in [9.17, 15) is 4.79 Å². The van der Waals surface area contributed by atoms with E-state index in [1.807, 2.05) is 42.7 Å². The van der Waals surface area contributed by atoms with Gasteiger partial charge in [0.05, 0.1) is 11.4 Å². The molecule has 0 aliphatic carbocycles. The topological polar surface area (TPSA) is 59.8 Å². The second-order valence-corrected chi connectivity index (χ2v) is 7.30. The van der Waals surface area contributed by atoms with Crippen molar-refractivity contribution in [3.63, 3.8) is 0 Å². The minimum atomic E-state index is -0.0566. The Labute approximate surface area is 157 Å². The van der Waals surface area contributed by atoms with E-state index in [0.717, 1.165) is 28.1 Å². The number of aryl methyl sites for hydroxylation is 3. The predicted molar refractivity (Wildman–Crippen MR) is 106 cm³/mol. The van der Waals surface area contributed by atoms with Gasteiger partial charge in [-0.15, -0.1) is 10.2 Å². The average Bonchev–Trinajstić information content (AvgIpc) is 3.05. The summed E-state index contributed by atoms with van der Waals surface area (Å²) in [6, 6.07) is 12.1. The SMILES string of the molecule is Cc1ccc(-n2cnnc2SCC(=O)Nc2cccc(C)c2C)c(C)c1. The second kappa shape index (κ2) is 7.74. The van der Waals surface area contributed by atoms with Crippen LogP contribution in [0.5, 0.6) is 0 Å². The molecular weight excluding hydrogens is 344 g/mol. The van der Waals surface area contributed by atoms with Crippen LogP contribution in [0.3, 0.4) is 0 Å². The minimum absolute atomic E-state index is 0.0566. The molecule has 1 N–H and O–H groups in total. The zero-order valence-electron chi connectivity index (χ0n) is 15.4. The number of amides is 1. The highest BCUT2D eigenvalue weighted by molar-refractivity contribution is 7.99. The van der Waals surface area contributed by atoms with Crippen molar-refractivity contribution in [2.75, 3.05) is 11.1 Å². The van der Waals surface area contributed by atoms with E-state index in [1.165, 1.54) is 17.3 Å². The van der Waals surface area contributed by atoms with E-state index >= 15 is 0 Å². The van der Waals surface area contributed by atoms with E-state index in [0.29, 0.717) is 5.16 Å². The van der Waals surface area contributed by atoms with E-state index in [4.69, 9.17) is 0 Å².